The van der Waals surface area contributed by atoms with E-state index in [9.17, 15) is 14.5 Å². The Morgan fingerprint density at radius 2 is 2.12 bits per heavy atom. The third kappa shape index (κ3) is 3.47. The summed E-state index contributed by atoms with van der Waals surface area (Å²) in [4.78, 5) is 23.4. The molecule has 0 bridgehead atoms. The molecular weight excluding hydrogens is 363 g/mol. The fourth-order valence-corrected chi connectivity index (χ4v) is 2.69. The number of nitrogens with one attached hydrogen (secondary N) is 1. The van der Waals surface area contributed by atoms with Crippen molar-refractivity contribution in [3.63, 3.8) is 0 Å². The second-order valence-corrected chi connectivity index (χ2v) is 5.90. The van der Waals surface area contributed by atoms with E-state index >= 15 is 0 Å². The zero-order chi connectivity index (χ0) is 18.8. The summed E-state index contributed by atoms with van der Waals surface area (Å²) in [6.07, 6.45) is 3.12. The van der Waals surface area contributed by atoms with Gasteiger partial charge in [0.2, 0.25) is 11.8 Å². The van der Waals surface area contributed by atoms with Crippen LogP contribution in [-0.2, 0) is 6.54 Å². The highest BCUT2D eigenvalue weighted by molar-refractivity contribution is 6.31. The van der Waals surface area contributed by atoms with E-state index in [1.54, 1.807) is 19.2 Å². The van der Waals surface area contributed by atoms with Crippen molar-refractivity contribution in [3.05, 3.63) is 68.6 Å². The first kappa shape index (κ1) is 17.7. The summed E-state index contributed by atoms with van der Waals surface area (Å²) in [5, 5.41) is 14.7. The molecular formula is C16H14ClFN6O2. The summed E-state index contributed by atoms with van der Waals surface area (Å²) in [5.41, 5.74) is 0.658. The number of anilines is 1. The van der Waals surface area contributed by atoms with Gasteiger partial charge >= 0.3 is 5.69 Å². The van der Waals surface area contributed by atoms with E-state index in [0.29, 0.717) is 11.4 Å². The Labute approximate surface area is 152 Å². The van der Waals surface area contributed by atoms with E-state index in [0.717, 1.165) is 0 Å². The molecule has 0 spiro atoms. The fraction of sp³-hybridized carbons (Fsp3) is 0.188. The number of benzene rings is 1. The molecule has 0 aliphatic carbocycles. The number of imidazole rings is 1. The van der Waals surface area contributed by atoms with Crippen molar-refractivity contribution >= 4 is 23.2 Å². The normalized spacial score (nSPS) is 10.8. The Balaban J connectivity index is 1.97. The van der Waals surface area contributed by atoms with Gasteiger partial charge in [-0.1, -0.05) is 17.7 Å². The maximum Gasteiger partial charge on any atom is 0.333 e. The van der Waals surface area contributed by atoms with Crippen LogP contribution in [0.25, 0.3) is 5.82 Å². The molecule has 8 nitrogen and oxygen atoms in total. The van der Waals surface area contributed by atoms with Gasteiger partial charge in [-0.05, 0) is 31.5 Å². The van der Waals surface area contributed by atoms with Gasteiger partial charge in [0.25, 0.3) is 0 Å². The first-order valence-electron chi connectivity index (χ1n) is 7.58. The van der Waals surface area contributed by atoms with Crippen LogP contribution < -0.4 is 5.32 Å². The lowest BCUT2D eigenvalue weighted by molar-refractivity contribution is -0.385. The van der Waals surface area contributed by atoms with E-state index in [1.807, 2.05) is 0 Å². The van der Waals surface area contributed by atoms with E-state index in [1.165, 1.54) is 29.8 Å². The number of halogens is 2. The monoisotopic (exact) mass is 376 g/mol. The second-order valence-electron chi connectivity index (χ2n) is 5.50. The quantitative estimate of drug-likeness (QED) is 0.539. The Morgan fingerprint density at radius 3 is 2.73 bits per heavy atom. The number of hydrogen-bond donors (Lipinski definition) is 1. The first-order valence-corrected chi connectivity index (χ1v) is 7.95. The number of hydrogen-bond acceptors (Lipinski definition) is 6. The summed E-state index contributed by atoms with van der Waals surface area (Å²) >= 11 is 6.00. The van der Waals surface area contributed by atoms with Gasteiger partial charge in [0.1, 0.15) is 17.3 Å². The predicted molar refractivity (Wildman–Crippen MR) is 94.0 cm³/mol. The molecule has 26 heavy (non-hydrogen) atoms. The van der Waals surface area contributed by atoms with Gasteiger partial charge in [0.15, 0.2) is 0 Å². The Kier molecular flexibility index (Phi) is 4.81. The van der Waals surface area contributed by atoms with Gasteiger partial charge in [0, 0.05) is 24.0 Å². The zero-order valence-electron chi connectivity index (χ0n) is 13.9. The average molecular weight is 377 g/mol. The summed E-state index contributed by atoms with van der Waals surface area (Å²) in [6.45, 7) is 3.48. The largest absolute Gasteiger partial charge is 0.350 e. The van der Waals surface area contributed by atoms with Crippen molar-refractivity contribution in [2.24, 2.45) is 0 Å². The van der Waals surface area contributed by atoms with Crippen molar-refractivity contribution in [2.75, 3.05) is 5.32 Å². The van der Waals surface area contributed by atoms with Gasteiger partial charge in [0.05, 0.1) is 4.92 Å². The van der Waals surface area contributed by atoms with E-state index in [-0.39, 0.29) is 34.7 Å². The third-order valence-corrected chi connectivity index (χ3v) is 4.08. The van der Waals surface area contributed by atoms with Crippen LogP contribution in [-0.4, -0.2) is 24.4 Å². The van der Waals surface area contributed by atoms with Crippen LogP contribution >= 0.6 is 11.6 Å². The lowest BCUT2D eigenvalue weighted by Crippen LogP contribution is -2.12. The minimum Gasteiger partial charge on any atom is -0.350 e. The number of nitrogens with zero attached hydrogens (tertiary/aromatic N) is 5. The number of nitro groups is 1. The molecule has 0 amide bonds. The minimum atomic E-state index is -0.523. The van der Waals surface area contributed by atoms with Gasteiger partial charge in [-0.15, -0.1) is 0 Å². The minimum absolute atomic E-state index is 0.116. The lowest BCUT2D eigenvalue weighted by atomic mass is 10.2. The smallest absolute Gasteiger partial charge is 0.333 e. The molecule has 2 aromatic heterocycles. The summed E-state index contributed by atoms with van der Waals surface area (Å²) in [6, 6.07) is 4.05. The van der Waals surface area contributed by atoms with Crippen LogP contribution in [0.4, 0.5) is 16.0 Å². The van der Waals surface area contributed by atoms with Crippen LogP contribution in [0.15, 0.2) is 30.6 Å². The fourth-order valence-electron chi connectivity index (χ4n) is 2.45. The molecule has 10 heteroatoms. The maximum absolute atomic E-state index is 13.1. The summed E-state index contributed by atoms with van der Waals surface area (Å²) < 4.78 is 14.6. The first-order chi connectivity index (χ1) is 12.4. The molecule has 1 N–H and O–H groups in total. The molecule has 134 valence electrons. The molecule has 0 atom stereocenters. The van der Waals surface area contributed by atoms with Crippen molar-refractivity contribution in [3.8, 4) is 5.82 Å². The molecule has 0 unspecified atom stereocenters. The molecule has 3 rings (SSSR count). The zero-order valence-corrected chi connectivity index (χ0v) is 14.7. The predicted octanol–water partition coefficient (Wildman–Crippen LogP) is 3.59. The average Bonchev–Trinajstić information content (AvgIpc) is 2.99. The Hall–Kier alpha value is -3.07. The lowest BCUT2D eigenvalue weighted by Gasteiger charge is -2.11. The van der Waals surface area contributed by atoms with Crippen molar-refractivity contribution in [2.45, 2.75) is 20.4 Å². The molecule has 0 radical (unpaired) electrons. The van der Waals surface area contributed by atoms with Gasteiger partial charge in [-0.25, -0.2) is 14.4 Å². The van der Waals surface area contributed by atoms with Crippen molar-refractivity contribution < 1.29 is 9.31 Å². The van der Waals surface area contributed by atoms with E-state index in [4.69, 9.17) is 11.6 Å². The van der Waals surface area contributed by atoms with Crippen molar-refractivity contribution in [1.82, 2.24) is 19.5 Å². The molecule has 0 aliphatic rings. The van der Waals surface area contributed by atoms with Gasteiger partial charge in [-0.2, -0.15) is 4.98 Å². The second kappa shape index (κ2) is 7.04. The van der Waals surface area contributed by atoms with E-state index in [2.05, 4.69) is 20.3 Å². The molecule has 0 saturated carbocycles. The van der Waals surface area contributed by atoms with Crippen LogP contribution in [0.5, 0.6) is 0 Å². The Morgan fingerprint density at radius 1 is 1.35 bits per heavy atom. The number of aryl methyl sites for hydroxylation is 2. The molecule has 0 saturated heterocycles. The molecule has 0 fully saturated rings. The highest BCUT2D eigenvalue weighted by Gasteiger charge is 2.24. The highest BCUT2D eigenvalue weighted by atomic mass is 35.5. The molecule has 2 heterocycles. The van der Waals surface area contributed by atoms with Gasteiger partial charge in [-0.3, -0.25) is 14.7 Å². The molecule has 0 aliphatic heterocycles. The Bertz CT molecular complexity index is 991. The number of aromatic nitrogens is 4. The van der Waals surface area contributed by atoms with Crippen LogP contribution in [0.3, 0.4) is 0 Å². The topological polar surface area (TPSA) is 98.8 Å². The number of rotatable bonds is 5. The SMILES string of the molecule is Cc1nc(NCc2ccc(F)cc2Cl)nc(-n2ccnc2C)c1[N+](=O)[O-]. The van der Waals surface area contributed by atoms with Crippen LogP contribution in [0.2, 0.25) is 5.02 Å². The van der Waals surface area contributed by atoms with Gasteiger partial charge < -0.3 is 5.32 Å². The van der Waals surface area contributed by atoms with Crippen molar-refractivity contribution in [1.29, 1.82) is 0 Å². The third-order valence-electron chi connectivity index (χ3n) is 3.73. The van der Waals surface area contributed by atoms with E-state index < -0.39 is 10.7 Å². The molecule has 1 aromatic carbocycles. The molecule has 3 aromatic rings. The summed E-state index contributed by atoms with van der Waals surface area (Å²) in [5.74, 6) is 0.430. The van der Waals surface area contributed by atoms with Crippen LogP contribution in [0, 0.1) is 29.8 Å². The summed E-state index contributed by atoms with van der Waals surface area (Å²) in [7, 11) is 0. The maximum atomic E-state index is 13.1. The van der Waals surface area contributed by atoms with Crippen LogP contribution in [0.1, 0.15) is 17.1 Å². The standard InChI is InChI=1S/C16H14ClFN6O2/c1-9-14(24(25)26)15(23-6-5-19-10(23)2)22-16(21-9)20-8-11-3-4-12(18)7-13(11)17/h3-7H,8H2,1-2H3,(H,20,21,22). The highest BCUT2D eigenvalue weighted by Crippen LogP contribution is 2.26.